The number of sulfonamides is 1. The lowest BCUT2D eigenvalue weighted by Crippen LogP contribution is -2.46. The molecule has 1 N–H and O–H groups in total. The quantitative estimate of drug-likeness (QED) is 0.779. The first kappa shape index (κ1) is 19.8. The van der Waals surface area contributed by atoms with E-state index in [1.807, 2.05) is 0 Å². The van der Waals surface area contributed by atoms with Gasteiger partial charge in [-0.05, 0) is 49.9 Å². The fourth-order valence-corrected chi connectivity index (χ4v) is 5.22. The van der Waals surface area contributed by atoms with Crippen LogP contribution in [-0.4, -0.2) is 61.7 Å². The van der Waals surface area contributed by atoms with Crippen LogP contribution in [0.5, 0.6) is 0 Å². The van der Waals surface area contributed by atoms with E-state index in [9.17, 15) is 22.4 Å². The van der Waals surface area contributed by atoms with Crippen LogP contribution in [0.4, 0.5) is 4.39 Å². The number of hydrogen-bond donors (Lipinski definition) is 1. The van der Waals surface area contributed by atoms with E-state index in [4.69, 9.17) is 0 Å². The Kier molecular flexibility index (Phi) is 6.11. The summed E-state index contributed by atoms with van der Waals surface area (Å²) in [6.07, 6.45) is 3.23. The minimum absolute atomic E-state index is 0.00927. The fourth-order valence-electron chi connectivity index (χ4n) is 3.57. The number of carbonyl (C=O) groups excluding carboxylic acids is 2. The molecule has 2 aliphatic heterocycles. The molecule has 0 saturated carbocycles. The van der Waals surface area contributed by atoms with E-state index < -0.39 is 27.8 Å². The Morgan fingerprint density at radius 3 is 2.41 bits per heavy atom. The van der Waals surface area contributed by atoms with Crippen molar-refractivity contribution in [3.8, 4) is 0 Å². The maximum absolute atomic E-state index is 13.1. The molecule has 148 valence electrons. The molecular formula is C18H24FN3O4S. The molecule has 0 unspecified atom stereocenters. The highest BCUT2D eigenvalue weighted by atomic mass is 32.2. The predicted molar refractivity (Wildman–Crippen MR) is 96.8 cm³/mol. The van der Waals surface area contributed by atoms with Gasteiger partial charge in [-0.1, -0.05) is 0 Å². The first-order chi connectivity index (χ1) is 12.9. The van der Waals surface area contributed by atoms with Crippen molar-refractivity contribution in [2.45, 2.75) is 43.0 Å². The first-order valence-corrected chi connectivity index (χ1v) is 10.7. The van der Waals surface area contributed by atoms with Crippen LogP contribution in [0.3, 0.4) is 0 Å². The van der Waals surface area contributed by atoms with Crippen LogP contribution in [-0.2, 0) is 19.6 Å². The summed E-state index contributed by atoms with van der Waals surface area (Å²) < 4.78 is 39.8. The van der Waals surface area contributed by atoms with Gasteiger partial charge in [0.25, 0.3) is 0 Å². The lowest BCUT2D eigenvalue weighted by molar-refractivity contribution is -0.130. The number of hydrogen-bond acceptors (Lipinski definition) is 4. The Morgan fingerprint density at radius 1 is 1.07 bits per heavy atom. The number of benzene rings is 1. The van der Waals surface area contributed by atoms with Gasteiger partial charge in [0, 0.05) is 32.6 Å². The van der Waals surface area contributed by atoms with Crippen LogP contribution in [0.15, 0.2) is 29.2 Å². The van der Waals surface area contributed by atoms with Gasteiger partial charge in [0.15, 0.2) is 0 Å². The number of amides is 2. The molecule has 9 heteroatoms. The smallest absolute Gasteiger partial charge is 0.243 e. The van der Waals surface area contributed by atoms with Crippen molar-refractivity contribution in [3.63, 3.8) is 0 Å². The average molecular weight is 397 g/mol. The lowest BCUT2D eigenvalue weighted by Gasteiger charge is -2.23. The molecule has 2 fully saturated rings. The summed E-state index contributed by atoms with van der Waals surface area (Å²) in [4.78, 5) is 26.3. The molecule has 2 amide bonds. The van der Waals surface area contributed by atoms with Gasteiger partial charge < -0.3 is 10.2 Å². The summed E-state index contributed by atoms with van der Waals surface area (Å²) in [7, 11) is -3.87. The second kappa shape index (κ2) is 8.35. The van der Waals surface area contributed by atoms with Crippen molar-refractivity contribution in [1.82, 2.24) is 14.5 Å². The van der Waals surface area contributed by atoms with Crippen LogP contribution in [0.2, 0.25) is 0 Å². The summed E-state index contributed by atoms with van der Waals surface area (Å²) in [5.74, 6) is -0.908. The molecule has 0 radical (unpaired) electrons. The van der Waals surface area contributed by atoms with Crippen LogP contribution in [0.25, 0.3) is 0 Å². The molecule has 1 atom stereocenters. The zero-order valence-electron chi connectivity index (χ0n) is 15.1. The molecule has 2 aliphatic rings. The fraction of sp³-hybridized carbons (Fsp3) is 0.556. The Balaban J connectivity index is 1.59. The number of nitrogens with zero attached hydrogens (tertiary/aromatic N) is 2. The Morgan fingerprint density at radius 2 is 1.74 bits per heavy atom. The van der Waals surface area contributed by atoms with Crippen LogP contribution >= 0.6 is 0 Å². The van der Waals surface area contributed by atoms with Crippen LogP contribution in [0.1, 0.15) is 32.1 Å². The van der Waals surface area contributed by atoms with Crippen molar-refractivity contribution in [3.05, 3.63) is 30.1 Å². The Hall–Kier alpha value is -2.00. The summed E-state index contributed by atoms with van der Waals surface area (Å²) in [6, 6.07) is 3.77. The molecule has 2 saturated heterocycles. The van der Waals surface area contributed by atoms with Gasteiger partial charge in [-0.25, -0.2) is 12.8 Å². The number of rotatable bonds is 6. The van der Waals surface area contributed by atoms with Crippen LogP contribution in [0, 0.1) is 5.82 Å². The standard InChI is InChI=1S/C18H24FN3O4S/c19-14-5-7-15(8-6-14)27(25,26)22-13-3-4-16(22)18(24)20-10-9-17(23)21-11-1-2-12-21/h5-8,16H,1-4,9-13H2,(H,20,24)/t16-/m1/s1. The normalized spacial score (nSPS) is 20.8. The van der Waals surface area contributed by atoms with E-state index in [2.05, 4.69) is 5.32 Å². The third-order valence-corrected chi connectivity index (χ3v) is 6.95. The van der Waals surface area contributed by atoms with E-state index in [1.165, 1.54) is 12.1 Å². The van der Waals surface area contributed by atoms with Gasteiger partial charge in [0.05, 0.1) is 4.90 Å². The van der Waals surface area contributed by atoms with Gasteiger partial charge in [0.2, 0.25) is 21.8 Å². The molecule has 7 nitrogen and oxygen atoms in total. The summed E-state index contributed by atoms with van der Waals surface area (Å²) in [6.45, 7) is 1.96. The SMILES string of the molecule is O=C(NCCC(=O)N1CCCC1)[C@H]1CCCN1S(=O)(=O)c1ccc(F)cc1. The van der Waals surface area contributed by atoms with Crippen molar-refractivity contribution in [2.24, 2.45) is 0 Å². The first-order valence-electron chi connectivity index (χ1n) is 9.22. The van der Waals surface area contributed by atoms with E-state index in [0.717, 1.165) is 42.4 Å². The second-order valence-electron chi connectivity index (χ2n) is 6.86. The molecule has 1 aromatic carbocycles. The number of likely N-dealkylation sites (tertiary alicyclic amines) is 1. The highest BCUT2D eigenvalue weighted by molar-refractivity contribution is 7.89. The topological polar surface area (TPSA) is 86.8 Å². The summed E-state index contributed by atoms with van der Waals surface area (Å²) in [5.41, 5.74) is 0. The molecule has 1 aromatic rings. The molecule has 27 heavy (non-hydrogen) atoms. The lowest BCUT2D eigenvalue weighted by atomic mass is 10.2. The number of carbonyl (C=O) groups is 2. The zero-order chi connectivity index (χ0) is 19.4. The van der Waals surface area contributed by atoms with Gasteiger partial charge in [-0.2, -0.15) is 4.31 Å². The van der Waals surface area contributed by atoms with Gasteiger partial charge in [-0.15, -0.1) is 0 Å². The second-order valence-corrected chi connectivity index (χ2v) is 8.75. The Bertz CT molecular complexity index is 791. The third kappa shape index (κ3) is 4.47. The highest BCUT2D eigenvalue weighted by Gasteiger charge is 2.39. The van der Waals surface area contributed by atoms with Crippen molar-refractivity contribution >= 4 is 21.8 Å². The van der Waals surface area contributed by atoms with Gasteiger partial charge >= 0.3 is 0 Å². The highest BCUT2D eigenvalue weighted by Crippen LogP contribution is 2.26. The largest absolute Gasteiger partial charge is 0.354 e. The van der Waals surface area contributed by atoms with Crippen molar-refractivity contribution in [1.29, 1.82) is 0 Å². The zero-order valence-corrected chi connectivity index (χ0v) is 15.9. The molecule has 2 heterocycles. The minimum Gasteiger partial charge on any atom is -0.354 e. The number of nitrogens with one attached hydrogen (secondary N) is 1. The minimum atomic E-state index is -3.87. The van der Waals surface area contributed by atoms with Gasteiger partial charge in [0.1, 0.15) is 11.9 Å². The van der Waals surface area contributed by atoms with Gasteiger partial charge in [-0.3, -0.25) is 9.59 Å². The van der Waals surface area contributed by atoms with E-state index in [-0.39, 0.29) is 30.3 Å². The summed E-state index contributed by atoms with van der Waals surface area (Å²) >= 11 is 0. The van der Waals surface area contributed by atoms with E-state index in [0.29, 0.717) is 12.8 Å². The number of halogens is 1. The summed E-state index contributed by atoms with van der Waals surface area (Å²) in [5, 5.41) is 2.69. The van der Waals surface area contributed by atoms with E-state index in [1.54, 1.807) is 4.90 Å². The molecule has 0 spiro atoms. The molecule has 3 rings (SSSR count). The van der Waals surface area contributed by atoms with E-state index >= 15 is 0 Å². The van der Waals surface area contributed by atoms with Crippen LogP contribution < -0.4 is 5.32 Å². The predicted octanol–water partition coefficient (Wildman–Crippen LogP) is 1.11. The Labute approximate surface area is 158 Å². The maximum Gasteiger partial charge on any atom is 0.243 e. The van der Waals surface area contributed by atoms with Crippen molar-refractivity contribution < 1.29 is 22.4 Å². The molecule has 0 aromatic heterocycles. The monoisotopic (exact) mass is 397 g/mol. The molecule has 0 aliphatic carbocycles. The molecular weight excluding hydrogens is 373 g/mol. The average Bonchev–Trinajstić information content (AvgIpc) is 3.34. The molecule has 0 bridgehead atoms. The van der Waals surface area contributed by atoms with Crippen molar-refractivity contribution in [2.75, 3.05) is 26.2 Å². The third-order valence-electron chi connectivity index (χ3n) is 5.02. The maximum atomic E-state index is 13.1.